The van der Waals surface area contributed by atoms with Crippen LogP contribution in [-0.4, -0.2) is 32.7 Å². The molecule has 3 N–H and O–H groups in total. The molecule has 0 radical (unpaired) electrons. The zero-order valence-electron chi connectivity index (χ0n) is 14.6. The van der Waals surface area contributed by atoms with Crippen LogP contribution in [0.25, 0.3) is 0 Å². The van der Waals surface area contributed by atoms with Crippen LogP contribution in [0, 0.1) is 5.92 Å². The number of nitrogens with zero attached hydrogens (tertiary/aromatic N) is 4. The molecule has 1 amide bonds. The number of nitrogens with one attached hydrogen (secondary N) is 1. The number of amides is 1. The highest BCUT2D eigenvalue weighted by Crippen LogP contribution is 2.34. The Morgan fingerprint density at radius 2 is 2.08 bits per heavy atom. The van der Waals surface area contributed by atoms with Crippen molar-refractivity contribution in [2.24, 2.45) is 11.7 Å². The van der Waals surface area contributed by atoms with Gasteiger partial charge in [0.05, 0.1) is 12.2 Å². The lowest BCUT2D eigenvalue weighted by Crippen LogP contribution is -2.31. The fraction of sp³-hybridized carbons (Fsp3) is 0.412. The van der Waals surface area contributed by atoms with Gasteiger partial charge in [-0.2, -0.15) is 4.68 Å². The standard InChI is InChI=1S/C17H22N6O2/c1-10(2)8-9-25-13-6-4-12(5-7-13)15-14(16(18)24)11(3)19-17-20-21-22-23(15)17/h4-7,10,15H,8-9H2,1-3H3,(H2,18,24)(H,19,20,22). The molecule has 1 aliphatic heterocycles. The van der Waals surface area contributed by atoms with Crippen LogP contribution in [0.2, 0.25) is 0 Å². The summed E-state index contributed by atoms with van der Waals surface area (Å²) in [5.41, 5.74) is 7.54. The van der Waals surface area contributed by atoms with Crippen molar-refractivity contribution in [1.82, 2.24) is 20.2 Å². The zero-order chi connectivity index (χ0) is 18.0. The lowest BCUT2D eigenvalue weighted by Gasteiger charge is -2.26. The molecule has 1 aromatic heterocycles. The molecule has 2 heterocycles. The van der Waals surface area contributed by atoms with E-state index in [-0.39, 0.29) is 0 Å². The number of hydrogen-bond acceptors (Lipinski definition) is 6. The van der Waals surface area contributed by atoms with E-state index in [1.54, 1.807) is 11.6 Å². The van der Waals surface area contributed by atoms with E-state index in [1.807, 2.05) is 24.3 Å². The second-order valence-electron chi connectivity index (χ2n) is 6.48. The van der Waals surface area contributed by atoms with Crippen LogP contribution in [0.15, 0.2) is 35.5 Å². The Hall–Kier alpha value is -2.90. The van der Waals surface area contributed by atoms with Gasteiger partial charge in [0, 0.05) is 5.70 Å². The quantitative estimate of drug-likeness (QED) is 0.830. The topological polar surface area (TPSA) is 108 Å². The van der Waals surface area contributed by atoms with Crippen LogP contribution in [0.3, 0.4) is 0 Å². The van der Waals surface area contributed by atoms with Gasteiger partial charge < -0.3 is 15.8 Å². The minimum atomic E-state index is -0.506. The molecule has 0 aliphatic carbocycles. The Morgan fingerprint density at radius 3 is 2.72 bits per heavy atom. The van der Waals surface area contributed by atoms with Gasteiger partial charge >= 0.3 is 0 Å². The van der Waals surface area contributed by atoms with Crippen LogP contribution in [-0.2, 0) is 4.79 Å². The molecule has 1 aromatic carbocycles. The number of ether oxygens (including phenoxy) is 1. The molecule has 8 heteroatoms. The molecule has 1 aliphatic rings. The first-order chi connectivity index (χ1) is 12.0. The Morgan fingerprint density at radius 1 is 1.36 bits per heavy atom. The van der Waals surface area contributed by atoms with Gasteiger partial charge in [0.1, 0.15) is 11.8 Å². The molecular formula is C17H22N6O2. The molecule has 1 unspecified atom stereocenters. The predicted molar refractivity (Wildman–Crippen MR) is 92.9 cm³/mol. The molecule has 3 rings (SSSR count). The second kappa shape index (κ2) is 6.92. The van der Waals surface area contributed by atoms with Gasteiger partial charge in [-0.05, 0) is 47.4 Å². The van der Waals surface area contributed by atoms with E-state index in [1.165, 1.54) is 0 Å². The van der Waals surface area contributed by atoms with E-state index < -0.39 is 11.9 Å². The van der Waals surface area contributed by atoms with Crippen molar-refractivity contribution in [2.75, 3.05) is 11.9 Å². The molecule has 0 bridgehead atoms. The second-order valence-corrected chi connectivity index (χ2v) is 6.48. The predicted octanol–water partition coefficient (Wildman–Crippen LogP) is 1.87. The Balaban J connectivity index is 1.88. The summed E-state index contributed by atoms with van der Waals surface area (Å²) >= 11 is 0. The van der Waals surface area contributed by atoms with Crippen molar-refractivity contribution in [3.63, 3.8) is 0 Å². The van der Waals surface area contributed by atoms with Crippen molar-refractivity contribution in [3.05, 3.63) is 41.1 Å². The van der Waals surface area contributed by atoms with Crippen molar-refractivity contribution < 1.29 is 9.53 Å². The number of aromatic nitrogens is 4. The summed E-state index contributed by atoms with van der Waals surface area (Å²) in [6.45, 7) is 6.78. The van der Waals surface area contributed by atoms with E-state index >= 15 is 0 Å². The highest BCUT2D eigenvalue weighted by Gasteiger charge is 2.32. The molecule has 0 saturated heterocycles. The fourth-order valence-corrected chi connectivity index (χ4v) is 2.80. The van der Waals surface area contributed by atoms with E-state index in [4.69, 9.17) is 10.5 Å². The van der Waals surface area contributed by atoms with Crippen molar-refractivity contribution in [3.8, 4) is 5.75 Å². The van der Waals surface area contributed by atoms with Crippen LogP contribution < -0.4 is 15.8 Å². The number of carbonyl (C=O) groups is 1. The summed E-state index contributed by atoms with van der Waals surface area (Å²) in [7, 11) is 0. The lowest BCUT2D eigenvalue weighted by atomic mass is 9.95. The fourth-order valence-electron chi connectivity index (χ4n) is 2.80. The van der Waals surface area contributed by atoms with Crippen LogP contribution in [0.1, 0.15) is 38.8 Å². The molecule has 25 heavy (non-hydrogen) atoms. The highest BCUT2D eigenvalue weighted by molar-refractivity contribution is 5.95. The number of primary amides is 1. The van der Waals surface area contributed by atoms with Gasteiger partial charge in [0.15, 0.2) is 0 Å². The Labute approximate surface area is 146 Å². The van der Waals surface area contributed by atoms with Crippen LogP contribution in [0.5, 0.6) is 5.75 Å². The summed E-state index contributed by atoms with van der Waals surface area (Å²) in [5.74, 6) is 1.35. The summed E-state index contributed by atoms with van der Waals surface area (Å²) in [6, 6.07) is 7.12. The van der Waals surface area contributed by atoms with Gasteiger partial charge in [-0.25, -0.2) is 0 Å². The molecule has 8 nitrogen and oxygen atoms in total. The maximum atomic E-state index is 12.0. The molecule has 0 fully saturated rings. The van der Waals surface area contributed by atoms with E-state index in [0.717, 1.165) is 17.7 Å². The van der Waals surface area contributed by atoms with Gasteiger partial charge in [-0.15, -0.1) is 0 Å². The number of rotatable bonds is 6. The zero-order valence-corrected chi connectivity index (χ0v) is 14.6. The summed E-state index contributed by atoms with van der Waals surface area (Å²) in [6.07, 6.45) is 0.998. The van der Waals surface area contributed by atoms with Gasteiger partial charge in [-0.3, -0.25) is 4.79 Å². The van der Waals surface area contributed by atoms with Gasteiger partial charge in [-0.1, -0.05) is 31.1 Å². The number of carbonyl (C=O) groups excluding carboxylic acids is 1. The number of fused-ring (bicyclic) bond motifs is 1. The minimum Gasteiger partial charge on any atom is -0.494 e. The minimum absolute atomic E-state index is 0.438. The molecular weight excluding hydrogens is 320 g/mol. The summed E-state index contributed by atoms with van der Waals surface area (Å²) < 4.78 is 7.30. The van der Waals surface area contributed by atoms with E-state index in [9.17, 15) is 4.79 Å². The first kappa shape index (κ1) is 16.9. The van der Waals surface area contributed by atoms with E-state index in [0.29, 0.717) is 29.7 Å². The number of tetrazole rings is 1. The van der Waals surface area contributed by atoms with Gasteiger partial charge in [0.2, 0.25) is 11.9 Å². The smallest absolute Gasteiger partial charge is 0.248 e. The van der Waals surface area contributed by atoms with Crippen molar-refractivity contribution in [1.29, 1.82) is 0 Å². The third-order valence-electron chi connectivity index (χ3n) is 4.14. The SMILES string of the molecule is CC1=C(C(N)=O)C(c2ccc(OCCC(C)C)cc2)n2nnnc2N1. The molecule has 0 spiro atoms. The van der Waals surface area contributed by atoms with Gasteiger partial charge in [0.25, 0.3) is 0 Å². The average Bonchev–Trinajstić information content (AvgIpc) is 3.01. The number of nitrogens with two attached hydrogens (primary N) is 1. The number of hydrogen-bond donors (Lipinski definition) is 2. The number of anilines is 1. The number of benzene rings is 1. The largest absolute Gasteiger partial charge is 0.494 e. The maximum absolute atomic E-state index is 12.0. The molecule has 132 valence electrons. The number of allylic oxidation sites excluding steroid dienone is 1. The van der Waals surface area contributed by atoms with Crippen molar-refractivity contribution >= 4 is 11.9 Å². The molecule has 1 atom stereocenters. The maximum Gasteiger partial charge on any atom is 0.248 e. The highest BCUT2D eigenvalue weighted by atomic mass is 16.5. The Bertz CT molecular complexity index is 794. The first-order valence-corrected chi connectivity index (χ1v) is 8.25. The molecule has 2 aromatic rings. The first-order valence-electron chi connectivity index (χ1n) is 8.25. The molecule has 0 saturated carbocycles. The summed E-state index contributed by atoms with van der Waals surface area (Å²) in [4.78, 5) is 12.0. The monoisotopic (exact) mass is 342 g/mol. The lowest BCUT2D eigenvalue weighted by molar-refractivity contribution is -0.115. The van der Waals surface area contributed by atoms with Crippen molar-refractivity contribution in [2.45, 2.75) is 33.2 Å². The normalized spacial score (nSPS) is 16.6. The average molecular weight is 342 g/mol. The van der Waals surface area contributed by atoms with Crippen LogP contribution >= 0.6 is 0 Å². The van der Waals surface area contributed by atoms with E-state index in [2.05, 4.69) is 34.7 Å². The third-order valence-corrected chi connectivity index (χ3v) is 4.14. The summed E-state index contributed by atoms with van der Waals surface area (Å²) in [5, 5.41) is 14.6. The Kier molecular flexibility index (Phi) is 4.69. The van der Waals surface area contributed by atoms with Crippen LogP contribution in [0.4, 0.5) is 5.95 Å². The third kappa shape index (κ3) is 3.47.